The zero-order valence-electron chi connectivity index (χ0n) is 11.6. The van der Waals surface area contributed by atoms with E-state index < -0.39 is 0 Å². The van der Waals surface area contributed by atoms with Crippen molar-refractivity contribution >= 4 is 18.5 Å². The molecular weight excluding hydrogens is 254 g/mol. The van der Waals surface area contributed by atoms with E-state index in [1.807, 2.05) is 24.3 Å². The molecule has 0 spiro atoms. The Morgan fingerprint density at radius 1 is 1.32 bits per heavy atom. The smallest absolute Gasteiger partial charge is 0.224 e. The van der Waals surface area contributed by atoms with Crippen molar-refractivity contribution in [2.45, 2.75) is 56.4 Å². The Hall–Kier alpha value is -0.960. The topological polar surface area (TPSA) is 29.1 Å². The molecule has 19 heavy (non-hydrogen) atoms. The number of benzene rings is 1. The largest absolute Gasteiger partial charge is 0.353 e. The highest BCUT2D eigenvalue weighted by atomic mass is 32.1. The maximum Gasteiger partial charge on any atom is 0.224 e. The summed E-state index contributed by atoms with van der Waals surface area (Å²) in [6.45, 7) is 2.24. The van der Waals surface area contributed by atoms with E-state index in [9.17, 15) is 4.79 Å². The molecule has 2 rings (SSSR count). The molecule has 1 N–H and O–H groups in total. The molecule has 1 aliphatic carbocycles. The summed E-state index contributed by atoms with van der Waals surface area (Å²) < 4.78 is 0. The predicted octanol–water partition coefficient (Wildman–Crippen LogP) is 3.60. The second-order valence-corrected chi connectivity index (χ2v) is 6.06. The third-order valence-electron chi connectivity index (χ3n) is 4.03. The molecule has 104 valence electrons. The van der Waals surface area contributed by atoms with Gasteiger partial charge >= 0.3 is 0 Å². The summed E-state index contributed by atoms with van der Waals surface area (Å²) in [6.07, 6.45) is 6.57. The number of hydrogen-bond donors (Lipinski definition) is 2. The minimum absolute atomic E-state index is 0.147. The van der Waals surface area contributed by atoms with E-state index in [-0.39, 0.29) is 5.91 Å². The van der Waals surface area contributed by atoms with Gasteiger partial charge in [0, 0.05) is 10.9 Å². The monoisotopic (exact) mass is 277 g/mol. The van der Waals surface area contributed by atoms with E-state index in [0.29, 0.717) is 12.5 Å². The number of rotatable bonds is 4. The van der Waals surface area contributed by atoms with Crippen molar-refractivity contribution in [3.05, 3.63) is 29.8 Å². The van der Waals surface area contributed by atoms with E-state index in [1.165, 1.54) is 19.3 Å². The van der Waals surface area contributed by atoms with Gasteiger partial charge in [0.15, 0.2) is 0 Å². The minimum Gasteiger partial charge on any atom is -0.353 e. The summed E-state index contributed by atoms with van der Waals surface area (Å²) in [5, 5.41) is 3.19. The van der Waals surface area contributed by atoms with Crippen molar-refractivity contribution in [3.63, 3.8) is 0 Å². The number of nitrogens with one attached hydrogen (secondary N) is 1. The van der Waals surface area contributed by atoms with Crippen LogP contribution in [-0.4, -0.2) is 11.9 Å². The van der Waals surface area contributed by atoms with E-state index in [4.69, 9.17) is 0 Å². The van der Waals surface area contributed by atoms with Crippen molar-refractivity contribution in [2.75, 3.05) is 0 Å². The molecule has 3 heteroatoms. The lowest BCUT2D eigenvalue weighted by Gasteiger charge is -2.29. The van der Waals surface area contributed by atoms with Gasteiger partial charge in [-0.25, -0.2) is 0 Å². The van der Waals surface area contributed by atoms with Crippen LogP contribution in [0.3, 0.4) is 0 Å². The molecule has 2 unspecified atom stereocenters. The molecule has 0 aliphatic heterocycles. The Bertz CT molecular complexity index is 415. The summed E-state index contributed by atoms with van der Waals surface area (Å²) in [5.41, 5.74) is 1.05. The van der Waals surface area contributed by atoms with Gasteiger partial charge in [-0.1, -0.05) is 38.3 Å². The van der Waals surface area contributed by atoms with Crippen LogP contribution in [0.15, 0.2) is 29.2 Å². The second kappa shape index (κ2) is 6.99. The first-order valence-electron chi connectivity index (χ1n) is 7.24. The minimum atomic E-state index is 0.147. The van der Waals surface area contributed by atoms with Crippen LogP contribution in [-0.2, 0) is 11.2 Å². The van der Waals surface area contributed by atoms with E-state index >= 15 is 0 Å². The van der Waals surface area contributed by atoms with Gasteiger partial charge in [0.05, 0.1) is 6.42 Å². The van der Waals surface area contributed by atoms with Gasteiger partial charge in [0.25, 0.3) is 0 Å². The zero-order chi connectivity index (χ0) is 13.7. The van der Waals surface area contributed by atoms with Gasteiger partial charge in [-0.05, 0) is 36.5 Å². The highest BCUT2D eigenvalue weighted by molar-refractivity contribution is 7.80. The molecule has 1 saturated carbocycles. The number of thiol groups is 1. The molecule has 0 aromatic heterocycles. The SMILES string of the molecule is CCC1CCCC(NC(=O)Cc2ccc(S)cc2)C1. The second-order valence-electron chi connectivity index (χ2n) is 5.55. The lowest BCUT2D eigenvalue weighted by molar-refractivity contribution is -0.121. The zero-order valence-corrected chi connectivity index (χ0v) is 12.5. The van der Waals surface area contributed by atoms with Crippen molar-refractivity contribution in [2.24, 2.45) is 5.92 Å². The average Bonchev–Trinajstić information content (AvgIpc) is 2.41. The fourth-order valence-electron chi connectivity index (χ4n) is 2.87. The fourth-order valence-corrected chi connectivity index (χ4v) is 3.02. The molecule has 0 bridgehead atoms. The van der Waals surface area contributed by atoms with Gasteiger partial charge in [0.1, 0.15) is 0 Å². The maximum absolute atomic E-state index is 12.0. The first-order chi connectivity index (χ1) is 9.17. The lowest BCUT2D eigenvalue weighted by atomic mass is 9.84. The van der Waals surface area contributed by atoms with Gasteiger partial charge in [-0.3, -0.25) is 4.79 Å². The van der Waals surface area contributed by atoms with E-state index in [0.717, 1.165) is 29.2 Å². The van der Waals surface area contributed by atoms with Crippen molar-refractivity contribution in [1.29, 1.82) is 0 Å². The Labute approximate surface area is 121 Å². The molecule has 1 amide bonds. The van der Waals surface area contributed by atoms with E-state index in [1.54, 1.807) is 0 Å². The normalized spacial score (nSPS) is 23.1. The number of carbonyl (C=O) groups is 1. The molecule has 0 saturated heterocycles. The van der Waals surface area contributed by atoms with Crippen LogP contribution >= 0.6 is 12.6 Å². The molecule has 1 aromatic rings. The highest BCUT2D eigenvalue weighted by Crippen LogP contribution is 2.26. The first kappa shape index (κ1) is 14.4. The molecule has 0 heterocycles. The molecule has 1 aliphatic rings. The Morgan fingerprint density at radius 3 is 2.74 bits per heavy atom. The molecule has 0 radical (unpaired) electrons. The molecule has 2 nitrogen and oxygen atoms in total. The predicted molar refractivity (Wildman–Crippen MR) is 81.6 cm³/mol. The summed E-state index contributed by atoms with van der Waals surface area (Å²) in [6, 6.07) is 8.18. The van der Waals surface area contributed by atoms with Crippen LogP contribution in [0, 0.1) is 5.92 Å². The van der Waals surface area contributed by atoms with Crippen molar-refractivity contribution < 1.29 is 4.79 Å². The van der Waals surface area contributed by atoms with Gasteiger partial charge in [-0.15, -0.1) is 12.6 Å². The number of amides is 1. The van der Waals surface area contributed by atoms with Gasteiger partial charge in [-0.2, -0.15) is 0 Å². The Kier molecular flexibility index (Phi) is 5.32. The maximum atomic E-state index is 12.0. The van der Waals surface area contributed by atoms with Crippen LogP contribution in [0.1, 0.15) is 44.6 Å². The van der Waals surface area contributed by atoms with Crippen LogP contribution in [0.4, 0.5) is 0 Å². The van der Waals surface area contributed by atoms with E-state index in [2.05, 4.69) is 24.9 Å². The van der Waals surface area contributed by atoms with Gasteiger partial charge in [0.2, 0.25) is 5.91 Å². The summed E-state index contributed by atoms with van der Waals surface area (Å²) in [7, 11) is 0. The fraction of sp³-hybridized carbons (Fsp3) is 0.562. The lowest BCUT2D eigenvalue weighted by Crippen LogP contribution is -2.39. The van der Waals surface area contributed by atoms with Gasteiger partial charge < -0.3 is 5.32 Å². The molecule has 1 fully saturated rings. The van der Waals surface area contributed by atoms with Crippen LogP contribution < -0.4 is 5.32 Å². The first-order valence-corrected chi connectivity index (χ1v) is 7.69. The standard InChI is InChI=1S/C16H23NOS/c1-2-12-4-3-5-14(10-12)17-16(18)11-13-6-8-15(19)9-7-13/h6-9,12,14,19H,2-5,10-11H2,1H3,(H,17,18). The molecule has 2 atom stereocenters. The average molecular weight is 277 g/mol. The molecular formula is C16H23NOS. The van der Waals surface area contributed by atoms with Crippen LogP contribution in [0.2, 0.25) is 0 Å². The molecule has 1 aromatic carbocycles. The number of carbonyl (C=O) groups excluding carboxylic acids is 1. The third kappa shape index (κ3) is 4.57. The van der Waals surface area contributed by atoms with Crippen molar-refractivity contribution in [1.82, 2.24) is 5.32 Å². The number of hydrogen-bond acceptors (Lipinski definition) is 2. The van der Waals surface area contributed by atoms with Crippen molar-refractivity contribution in [3.8, 4) is 0 Å². The quantitative estimate of drug-likeness (QED) is 0.809. The summed E-state index contributed by atoms with van der Waals surface area (Å²) >= 11 is 4.25. The third-order valence-corrected chi connectivity index (χ3v) is 4.32. The Balaban J connectivity index is 1.82. The highest BCUT2D eigenvalue weighted by Gasteiger charge is 2.21. The Morgan fingerprint density at radius 2 is 2.05 bits per heavy atom. The summed E-state index contributed by atoms with van der Waals surface area (Å²) in [5.74, 6) is 0.941. The summed E-state index contributed by atoms with van der Waals surface area (Å²) in [4.78, 5) is 13.0. The van der Waals surface area contributed by atoms with Crippen LogP contribution in [0.5, 0.6) is 0 Å². The van der Waals surface area contributed by atoms with Crippen LogP contribution in [0.25, 0.3) is 0 Å².